The molecule has 0 spiro atoms. The Hall–Kier alpha value is -0.340. The van der Waals surface area contributed by atoms with E-state index >= 15 is 0 Å². The van der Waals surface area contributed by atoms with Crippen LogP contribution in [0.1, 0.15) is 0 Å². The second-order valence-corrected chi connectivity index (χ2v) is 3.66. The highest BCUT2D eigenvalue weighted by molar-refractivity contribution is 7.46. The zero-order chi connectivity index (χ0) is 11.4. The number of phosphoric ester groups is 1. The van der Waals surface area contributed by atoms with Crippen molar-refractivity contribution in [3.05, 3.63) is 0 Å². The number of hydrogen-bond donors (Lipinski definition) is 5. The molecule has 0 aliphatic carbocycles. The highest BCUT2D eigenvalue weighted by atomic mass is 31.2. The van der Waals surface area contributed by atoms with Crippen molar-refractivity contribution in [3.63, 3.8) is 0 Å². The fraction of sp³-hybridized carbons (Fsp3) is 0.800. The summed E-state index contributed by atoms with van der Waals surface area (Å²) in [6, 6.07) is 0. The van der Waals surface area contributed by atoms with E-state index in [1.807, 2.05) is 0 Å². The summed E-state index contributed by atoms with van der Waals surface area (Å²) >= 11 is 0. The molecule has 9 heteroatoms. The van der Waals surface area contributed by atoms with Crippen LogP contribution in [0, 0.1) is 0 Å². The first-order valence-corrected chi connectivity index (χ1v) is 5.00. The smallest absolute Gasteiger partial charge is 0.394 e. The molecule has 8 nitrogen and oxygen atoms in total. The summed E-state index contributed by atoms with van der Waals surface area (Å²) in [4.78, 5) is 27.2. The first kappa shape index (κ1) is 13.7. The largest absolute Gasteiger partial charge is 0.470 e. The molecule has 0 fully saturated rings. The summed E-state index contributed by atoms with van der Waals surface area (Å²) in [5.41, 5.74) is 0. The zero-order valence-electron chi connectivity index (χ0n) is 6.98. The molecule has 0 bridgehead atoms. The highest BCUT2D eigenvalue weighted by Crippen LogP contribution is 2.35. The number of carbonyl (C=O) groups excluding carboxylic acids is 1. The van der Waals surface area contributed by atoms with Crippen molar-refractivity contribution in [2.45, 2.75) is 12.2 Å². The molecular formula is C5H11O8P. The standard InChI is InChI=1S/C5H11O8P/c6-1-3(7)5(9)4(8)2-13-14(10,11)12/h3,5-7,9H,1-2H2,(H2,10,11,12)/t3-,5-/m0/s1. The van der Waals surface area contributed by atoms with Crippen LogP contribution in [-0.2, 0) is 13.9 Å². The summed E-state index contributed by atoms with van der Waals surface area (Å²) < 4.78 is 13.9. The van der Waals surface area contributed by atoms with Gasteiger partial charge in [0, 0.05) is 0 Å². The highest BCUT2D eigenvalue weighted by Gasteiger charge is 2.26. The van der Waals surface area contributed by atoms with Gasteiger partial charge in [0.25, 0.3) is 0 Å². The summed E-state index contributed by atoms with van der Waals surface area (Å²) in [6.07, 6.45) is -3.62. The summed E-state index contributed by atoms with van der Waals surface area (Å²) in [5.74, 6) is -1.13. The van der Waals surface area contributed by atoms with E-state index < -0.39 is 39.0 Å². The average molecular weight is 230 g/mol. The molecule has 0 rings (SSSR count). The number of ketones is 1. The fourth-order valence-electron chi connectivity index (χ4n) is 0.548. The molecule has 14 heavy (non-hydrogen) atoms. The van der Waals surface area contributed by atoms with Gasteiger partial charge < -0.3 is 25.1 Å². The molecule has 0 saturated carbocycles. The molecule has 0 aliphatic heterocycles. The average Bonchev–Trinajstić information content (AvgIpc) is 2.10. The van der Waals surface area contributed by atoms with Gasteiger partial charge in [-0.05, 0) is 0 Å². The van der Waals surface area contributed by atoms with E-state index in [2.05, 4.69) is 4.52 Å². The van der Waals surface area contributed by atoms with E-state index in [0.29, 0.717) is 0 Å². The zero-order valence-corrected chi connectivity index (χ0v) is 7.87. The third-order valence-electron chi connectivity index (χ3n) is 1.26. The number of Topliss-reactive ketones (excluding diaryl/α,β-unsaturated/α-hetero) is 1. The summed E-state index contributed by atoms with van der Waals surface area (Å²) in [6.45, 7) is -1.88. The van der Waals surface area contributed by atoms with Crippen molar-refractivity contribution in [1.29, 1.82) is 0 Å². The number of rotatable bonds is 6. The summed E-state index contributed by atoms with van der Waals surface area (Å²) in [5, 5.41) is 26.0. The SMILES string of the molecule is O=C(COP(=O)(O)O)[C@@H](O)[C@@H](O)CO. The van der Waals surface area contributed by atoms with Gasteiger partial charge in [-0.2, -0.15) is 0 Å². The Kier molecular flexibility index (Phi) is 5.38. The van der Waals surface area contributed by atoms with Crippen molar-refractivity contribution in [3.8, 4) is 0 Å². The van der Waals surface area contributed by atoms with E-state index in [0.717, 1.165) is 0 Å². The van der Waals surface area contributed by atoms with Crippen LogP contribution < -0.4 is 0 Å². The van der Waals surface area contributed by atoms with Crippen molar-refractivity contribution < 1.29 is 39.0 Å². The maximum atomic E-state index is 10.8. The maximum Gasteiger partial charge on any atom is 0.470 e. The predicted octanol–water partition coefficient (Wildman–Crippen LogP) is -2.62. The first-order valence-electron chi connectivity index (χ1n) is 3.47. The Bertz CT molecular complexity index is 234. The Morgan fingerprint density at radius 2 is 1.86 bits per heavy atom. The van der Waals surface area contributed by atoms with Gasteiger partial charge in [0.1, 0.15) is 18.8 Å². The molecular weight excluding hydrogens is 219 g/mol. The van der Waals surface area contributed by atoms with Gasteiger partial charge in [-0.1, -0.05) is 0 Å². The Morgan fingerprint density at radius 1 is 1.36 bits per heavy atom. The quantitative estimate of drug-likeness (QED) is 0.312. The topological polar surface area (TPSA) is 145 Å². The lowest BCUT2D eigenvalue weighted by molar-refractivity contribution is -0.137. The number of aliphatic hydroxyl groups excluding tert-OH is 3. The van der Waals surface area contributed by atoms with E-state index in [1.54, 1.807) is 0 Å². The molecule has 2 atom stereocenters. The van der Waals surface area contributed by atoms with Crippen molar-refractivity contribution in [1.82, 2.24) is 0 Å². The second-order valence-electron chi connectivity index (χ2n) is 2.43. The lowest BCUT2D eigenvalue weighted by Gasteiger charge is -2.14. The molecule has 84 valence electrons. The lowest BCUT2D eigenvalue weighted by Crippen LogP contribution is -2.38. The van der Waals surface area contributed by atoms with Gasteiger partial charge in [-0.15, -0.1) is 0 Å². The van der Waals surface area contributed by atoms with Crippen LogP contribution in [0.2, 0.25) is 0 Å². The van der Waals surface area contributed by atoms with Gasteiger partial charge >= 0.3 is 7.82 Å². The Balaban J connectivity index is 4.03. The van der Waals surface area contributed by atoms with Gasteiger partial charge in [-0.3, -0.25) is 9.32 Å². The van der Waals surface area contributed by atoms with Crippen molar-refractivity contribution in [2.75, 3.05) is 13.2 Å². The third kappa shape index (κ3) is 5.40. The summed E-state index contributed by atoms with van der Waals surface area (Å²) in [7, 11) is -4.77. The predicted molar refractivity (Wildman–Crippen MR) is 42.1 cm³/mol. The molecule has 0 aliphatic rings. The molecule has 0 amide bonds. The fourth-order valence-corrected chi connectivity index (χ4v) is 0.843. The number of phosphoric acid groups is 1. The van der Waals surface area contributed by atoms with Crippen LogP contribution in [-0.4, -0.2) is 56.3 Å². The molecule has 0 aromatic heterocycles. The van der Waals surface area contributed by atoms with E-state index in [-0.39, 0.29) is 0 Å². The minimum Gasteiger partial charge on any atom is -0.394 e. The molecule has 0 radical (unpaired) electrons. The van der Waals surface area contributed by atoms with Gasteiger partial charge in [0.05, 0.1) is 6.61 Å². The van der Waals surface area contributed by atoms with Crippen molar-refractivity contribution in [2.24, 2.45) is 0 Å². The molecule has 0 aromatic carbocycles. The molecule has 0 saturated heterocycles. The molecule has 5 N–H and O–H groups in total. The molecule has 0 unspecified atom stereocenters. The van der Waals surface area contributed by atoms with E-state index in [4.69, 9.17) is 25.1 Å². The minimum absolute atomic E-state index is 0.844. The van der Waals surface area contributed by atoms with Crippen LogP contribution in [0.4, 0.5) is 0 Å². The van der Waals surface area contributed by atoms with Crippen LogP contribution in [0.5, 0.6) is 0 Å². The monoisotopic (exact) mass is 230 g/mol. The van der Waals surface area contributed by atoms with E-state index in [1.165, 1.54) is 0 Å². The Labute approximate surface area is 79.0 Å². The van der Waals surface area contributed by atoms with Crippen LogP contribution >= 0.6 is 7.82 Å². The maximum absolute atomic E-state index is 10.8. The molecule has 0 heterocycles. The third-order valence-corrected chi connectivity index (χ3v) is 1.72. The van der Waals surface area contributed by atoms with Gasteiger partial charge in [-0.25, -0.2) is 4.57 Å². The molecule has 0 aromatic rings. The van der Waals surface area contributed by atoms with Gasteiger partial charge in [0.2, 0.25) is 0 Å². The number of carbonyl (C=O) groups is 1. The van der Waals surface area contributed by atoms with Crippen LogP contribution in [0.15, 0.2) is 0 Å². The first-order chi connectivity index (χ1) is 6.28. The van der Waals surface area contributed by atoms with E-state index in [9.17, 15) is 9.36 Å². The number of hydrogen-bond acceptors (Lipinski definition) is 6. The van der Waals surface area contributed by atoms with Crippen molar-refractivity contribution >= 4 is 13.6 Å². The van der Waals surface area contributed by atoms with Gasteiger partial charge in [0.15, 0.2) is 5.78 Å². The second kappa shape index (κ2) is 5.52. The normalized spacial score (nSPS) is 16.4. The lowest BCUT2D eigenvalue weighted by atomic mass is 10.1. The van der Waals surface area contributed by atoms with Crippen LogP contribution in [0.3, 0.4) is 0 Å². The number of aliphatic hydroxyl groups is 3. The minimum atomic E-state index is -4.77. The van der Waals surface area contributed by atoms with Crippen LogP contribution in [0.25, 0.3) is 0 Å². The Morgan fingerprint density at radius 3 is 2.21 bits per heavy atom.